The van der Waals surface area contributed by atoms with Crippen molar-refractivity contribution in [1.82, 2.24) is 9.29 Å². The minimum Gasteiger partial charge on any atom is -0.372 e. The summed E-state index contributed by atoms with van der Waals surface area (Å²) in [6.07, 6.45) is 1.30. The maximum Gasteiger partial charge on any atom is 0.244 e. The van der Waals surface area contributed by atoms with Gasteiger partial charge in [0.25, 0.3) is 0 Å². The van der Waals surface area contributed by atoms with E-state index < -0.39 is 10.0 Å². The summed E-state index contributed by atoms with van der Waals surface area (Å²) < 4.78 is 26.1. The van der Waals surface area contributed by atoms with Crippen LogP contribution in [0.5, 0.6) is 0 Å². The van der Waals surface area contributed by atoms with E-state index >= 15 is 0 Å². The molecule has 1 N–H and O–H groups in total. The average molecular weight is 332 g/mol. The number of anilines is 1. The number of halogens is 1. The Kier molecular flexibility index (Phi) is 4.64. The standard InChI is InChI=1S/C12H14ClN3O2S2/c1-14-12-11(13)5-10(6-15-12)20(17,18)16(2)7-9-3-4-19-8-9/h3-6,8H,7H2,1-2H3,(H,14,15). The van der Waals surface area contributed by atoms with Gasteiger partial charge in [-0.3, -0.25) is 0 Å². The highest BCUT2D eigenvalue weighted by atomic mass is 35.5. The molecule has 2 aromatic heterocycles. The average Bonchev–Trinajstić information content (AvgIpc) is 2.91. The zero-order valence-electron chi connectivity index (χ0n) is 11.0. The van der Waals surface area contributed by atoms with E-state index in [1.54, 1.807) is 7.05 Å². The van der Waals surface area contributed by atoms with E-state index in [0.717, 1.165) is 5.56 Å². The number of nitrogens with one attached hydrogen (secondary N) is 1. The zero-order valence-corrected chi connectivity index (χ0v) is 13.4. The van der Waals surface area contributed by atoms with Crippen molar-refractivity contribution in [2.75, 3.05) is 19.4 Å². The Morgan fingerprint density at radius 1 is 1.50 bits per heavy atom. The van der Waals surface area contributed by atoms with Gasteiger partial charge in [-0.25, -0.2) is 13.4 Å². The van der Waals surface area contributed by atoms with Crippen molar-refractivity contribution in [3.05, 3.63) is 39.7 Å². The topological polar surface area (TPSA) is 62.3 Å². The van der Waals surface area contributed by atoms with E-state index in [9.17, 15) is 8.42 Å². The SMILES string of the molecule is CNc1ncc(S(=O)(=O)N(C)Cc2ccsc2)cc1Cl. The number of hydrogen-bond acceptors (Lipinski definition) is 5. The molecule has 0 unspecified atom stereocenters. The highest BCUT2D eigenvalue weighted by molar-refractivity contribution is 7.89. The third-order valence-electron chi connectivity index (χ3n) is 2.75. The molecule has 2 heterocycles. The maximum absolute atomic E-state index is 12.4. The van der Waals surface area contributed by atoms with Crippen LogP contribution >= 0.6 is 22.9 Å². The number of sulfonamides is 1. The zero-order chi connectivity index (χ0) is 14.8. The molecule has 0 saturated heterocycles. The Morgan fingerprint density at radius 3 is 2.80 bits per heavy atom. The van der Waals surface area contributed by atoms with Crippen LogP contribution < -0.4 is 5.32 Å². The third-order valence-corrected chi connectivity index (χ3v) is 5.54. The lowest BCUT2D eigenvalue weighted by Gasteiger charge is -2.17. The molecular formula is C12H14ClN3O2S2. The summed E-state index contributed by atoms with van der Waals surface area (Å²) in [4.78, 5) is 4.08. The van der Waals surface area contributed by atoms with Gasteiger partial charge in [-0.2, -0.15) is 15.6 Å². The Balaban J connectivity index is 2.27. The summed E-state index contributed by atoms with van der Waals surface area (Å²) in [5, 5.41) is 6.90. The lowest BCUT2D eigenvalue weighted by molar-refractivity contribution is 0.467. The van der Waals surface area contributed by atoms with E-state index in [1.807, 2.05) is 16.8 Å². The molecule has 0 aliphatic carbocycles. The van der Waals surface area contributed by atoms with Crippen LogP contribution in [0.4, 0.5) is 5.82 Å². The number of rotatable bonds is 5. The molecule has 0 radical (unpaired) electrons. The lowest BCUT2D eigenvalue weighted by Crippen LogP contribution is -2.26. The van der Waals surface area contributed by atoms with E-state index in [-0.39, 0.29) is 9.92 Å². The van der Waals surface area contributed by atoms with Crippen molar-refractivity contribution >= 4 is 38.8 Å². The number of thiophene rings is 1. The van der Waals surface area contributed by atoms with Gasteiger partial charge >= 0.3 is 0 Å². The van der Waals surface area contributed by atoms with Crippen molar-refractivity contribution in [1.29, 1.82) is 0 Å². The molecule has 0 aliphatic rings. The molecule has 0 spiro atoms. The van der Waals surface area contributed by atoms with E-state index in [4.69, 9.17) is 11.6 Å². The van der Waals surface area contributed by atoms with Crippen molar-refractivity contribution in [3.8, 4) is 0 Å². The van der Waals surface area contributed by atoms with Gasteiger partial charge in [-0.15, -0.1) is 0 Å². The second-order valence-electron chi connectivity index (χ2n) is 4.14. The second kappa shape index (κ2) is 6.09. The van der Waals surface area contributed by atoms with Crippen LogP contribution in [-0.4, -0.2) is 31.8 Å². The van der Waals surface area contributed by atoms with Crippen LogP contribution in [0.2, 0.25) is 5.02 Å². The summed E-state index contributed by atoms with van der Waals surface area (Å²) in [5.74, 6) is 0.450. The largest absolute Gasteiger partial charge is 0.372 e. The van der Waals surface area contributed by atoms with Gasteiger partial charge in [-0.05, 0) is 28.5 Å². The maximum atomic E-state index is 12.4. The van der Waals surface area contributed by atoms with Gasteiger partial charge in [-0.1, -0.05) is 11.6 Å². The number of pyridine rings is 1. The molecule has 0 atom stereocenters. The quantitative estimate of drug-likeness (QED) is 0.915. The molecule has 0 aliphatic heterocycles. The Bertz CT molecular complexity index is 687. The predicted octanol–water partition coefficient (Wildman–Crippen LogP) is 2.66. The van der Waals surface area contributed by atoms with Crippen molar-refractivity contribution in [2.45, 2.75) is 11.4 Å². The summed E-state index contributed by atoms with van der Waals surface area (Å²) in [6, 6.07) is 3.30. The molecular weight excluding hydrogens is 318 g/mol. The van der Waals surface area contributed by atoms with Crippen LogP contribution in [0.15, 0.2) is 34.0 Å². The Hall–Kier alpha value is -1.15. The Morgan fingerprint density at radius 2 is 2.25 bits per heavy atom. The summed E-state index contributed by atoms with van der Waals surface area (Å²) in [7, 11) is -0.393. The molecule has 2 rings (SSSR count). The summed E-state index contributed by atoms with van der Waals surface area (Å²) >= 11 is 7.51. The highest BCUT2D eigenvalue weighted by Gasteiger charge is 2.22. The van der Waals surface area contributed by atoms with Gasteiger partial charge in [0.05, 0.1) is 5.02 Å². The molecule has 0 bridgehead atoms. The van der Waals surface area contributed by atoms with Crippen molar-refractivity contribution in [3.63, 3.8) is 0 Å². The van der Waals surface area contributed by atoms with Crippen LogP contribution in [-0.2, 0) is 16.6 Å². The minimum absolute atomic E-state index is 0.0826. The number of nitrogens with zero attached hydrogens (tertiary/aromatic N) is 2. The van der Waals surface area contributed by atoms with Crippen molar-refractivity contribution < 1.29 is 8.42 Å². The molecule has 108 valence electrons. The first-order valence-electron chi connectivity index (χ1n) is 5.76. The second-order valence-corrected chi connectivity index (χ2v) is 7.38. The smallest absolute Gasteiger partial charge is 0.244 e. The normalized spacial score (nSPS) is 11.8. The molecule has 0 saturated carbocycles. The van der Waals surface area contributed by atoms with Gasteiger partial charge in [0.15, 0.2) is 0 Å². The van der Waals surface area contributed by atoms with Crippen LogP contribution in [0.3, 0.4) is 0 Å². The molecule has 5 nitrogen and oxygen atoms in total. The highest BCUT2D eigenvalue weighted by Crippen LogP contribution is 2.24. The molecule has 0 aromatic carbocycles. The number of aromatic nitrogens is 1. The van der Waals surface area contributed by atoms with Crippen molar-refractivity contribution in [2.24, 2.45) is 0 Å². The van der Waals surface area contributed by atoms with Gasteiger partial charge in [0.2, 0.25) is 10.0 Å². The lowest BCUT2D eigenvalue weighted by atomic mass is 10.3. The third kappa shape index (κ3) is 3.12. The van der Waals surface area contributed by atoms with Crippen LogP contribution in [0.1, 0.15) is 5.56 Å². The number of hydrogen-bond donors (Lipinski definition) is 1. The molecule has 0 fully saturated rings. The van der Waals surface area contributed by atoms with E-state index in [0.29, 0.717) is 12.4 Å². The fourth-order valence-electron chi connectivity index (χ4n) is 1.65. The minimum atomic E-state index is -3.60. The van der Waals surface area contributed by atoms with Crippen LogP contribution in [0.25, 0.3) is 0 Å². The molecule has 0 amide bonds. The predicted molar refractivity (Wildman–Crippen MR) is 81.8 cm³/mol. The fraction of sp³-hybridized carbons (Fsp3) is 0.250. The Labute approximate surface area is 127 Å². The first kappa shape index (κ1) is 15.2. The first-order chi connectivity index (χ1) is 9.45. The van der Waals surface area contributed by atoms with E-state index in [2.05, 4.69) is 10.3 Å². The summed E-state index contributed by atoms with van der Waals surface area (Å²) in [5.41, 5.74) is 0.951. The molecule has 2 aromatic rings. The van der Waals surface area contributed by atoms with Crippen LogP contribution in [0, 0.1) is 0 Å². The van der Waals surface area contributed by atoms with Gasteiger partial charge < -0.3 is 5.32 Å². The fourth-order valence-corrected chi connectivity index (χ4v) is 3.77. The first-order valence-corrected chi connectivity index (χ1v) is 8.52. The summed E-state index contributed by atoms with van der Waals surface area (Å²) in [6.45, 7) is 0.317. The molecule has 20 heavy (non-hydrogen) atoms. The monoisotopic (exact) mass is 331 g/mol. The van der Waals surface area contributed by atoms with Gasteiger partial charge in [0.1, 0.15) is 10.7 Å². The van der Waals surface area contributed by atoms with Gasteiger partial charge in [0, 0.05) is 26.8 Å². The molecule has 8 heteroatoms. The van der Waals surface area contributed by atoms with E-state index in [1.165, 1.54) is 35.0 Å².